The van der Waals surface area contributed by atoms with Crippen molar-refractivity contribution in [2.45, 2.75) is 56.5 Å². The van der Waals surface area contributed by atoms with Crippen LogP contribution in [0.2, 0.25) is 0 Å². The third-order valence-corrected chi connectivity index (χ3v) is 3.28. The van der Waals surface area contributed by atoms with E-state index >= 15 is 0 Å². The molecule has 16 heteroatoms. The van der Waals surface area contributed by atoms with Gasteiger partial charge in [-0.15, -0.1) is 0 Å². The molecular formula is C12H12F12O4. The van der Waals surface area contributed by atoms with E-state index in [0.717, 1.165) is 6.92 Å². The zero-order chi connectivity index (χ0) is 23.0. The Morgan fingerprint density at radius 1 is 0.821 bits per heavy atom. The Morgan fingerprint density at radius 3 is 1.54 bits per heavy atom. The summed E-state index contributed by atoms with van der Waals surface area (Å²) < 4.78 is 166. The van der Waals surface area contributed by atoms with Crippen molar-refractivity contribution in [2.75, 3.05) is 7.11 Å². The Hall–Kier alpha value is -1.45. The summed E-state index contributed by atoms with van der Waals surface area (Å²) >= 11 is 0. The molecule has 3 atom stereocenters. The first-order chi connectivity index (χ1) is 12.1. The molecule has 0 radical (unpaired) electrons. The number of ether oxygens (including phenoxy) is 3. The fraction of sp³-hybridized carbons (Fsp3) is 0.917. The lowest BCUT2D eigenvalue weighted by molar-refractivity contribution is -0.529. The fourth-order valence-corrected chi connectivity index (χ4v) is 1.40. The van der Waals surface area contributed by atoms with Gasteiger partial charge in [0.05, 0.1) is 7.11 Å². The molecule has 0 N–H and O–H groups in total. The monoisotopic (exact) mass is 448 g/mol. The van der Waals surface area contributed by atoms with Gasteiger partial charge in [-0.05, 0) is 6.42 Å². The quantitative estimate of drug-likeness (QED) is 0.392. The molecule has 0 aromatic heterocycles. The predicted molar refractivity (Wildman–Crippen MR) is 63.3 cm³/mol. The first-order valence-corrected chi connectivity index (χ1v) is 6.88. The van der Waals surface area contributed by atoms with E-state index in [1.54, 1.807) is 0 Å². The van der Waals surface area contributed by atoms with Gasteiger partial charge in [0.25, 0.3) is 0 Å². The molecule has 0 heterocycles. The number of hydrogen-bond acceptors (Lipinski definition) is 4. The van der Waals surface area contributed by atoms with Crippen LogP contribution in [0.5, 0.6) is 0 Å². The molecule has 0 spiro atoms. The molecule has 4 nitrogen and oxygen atoms in total. The first kappa shape index (κ1) is 26.6. The van der Waals surface area contributed by atoms with Crippen molar-refractivity contribution in [3.8, 4) is 0 Å². The summed E-state index contributed by atoms with van der Waals surface area (Å²) in [6.45, 7) is 1.33. The highest BCUT2D eigenvalue weighted by molar-refractivity contribution is 5.78. The van der Waals surface area contributed by atoms with Crippen LogP contribution < -0.4 is 0 Å². The summed E-state index contributed by atoms with van der Waals surface area (Å²) in [5.41, 5.74) is 0. The highest BCUT2D eigenvalue weighted by atomic mass is 19.4. The predicted octanol–water partition coefficient (Wildman–Crippen LogP) is 4.88. The Bertz CT molecular complexity index is 560. The Labute approximate surface area is 148 Å². The second kappa shape index (κ2) is 7.76. The summed E-state index contributed by atoms with van der Waals surface area (Å²) in [6, 6.07) is 0. The van der Waals surface area contributed by atoms with Gasteiger partial charge < -0.3 is 4.74 Å². The van der Waals surface area contributed by atoms with Gasteiger partial charge >= 0.3 is 42.2 Å². The van der Waals surface area contributed by atoms with Crippen LogP contribution in [0.15, 0.2) is 0 Å². The second-order valence-corrected chi connectivity index (χ2v) is 5.27. The second-order valence-electron chi connectivity index (χ2n) is 5.27. The zero-order valence-electron chi connectivity index (χ0n) is 14.0. The van der Waals surface area contributed by atoms with E-state index in [4.69, 9.17) is 0 Å². The van der Waals surface area contributed by atoms with Crippen molar-refractivity contribution in [2.24, 2.45) is 5.92 Å². The number of carbonyl (C=O) groups excluding carboxylic acids is 1. The number of rotatable bonds is 8. The third-order valence-electron chi connectivity index (χ3n) is 3.28. The standard InChI is InChI=1S/C12H12F12O4/c1-4-5(2)8(14,15)28-9(16,11(20,21)22)12(23,24)27-7(13,6(25)26-3)10(17,18)19/h5H,4H2,1-3H3. The van der Waals surface area contributed by atoms with Crippen molar-refractivity contribution in [1.29, 1.82) is 0 Å². The molecule has 3 unspecified atom stereocenters. The van der Waals surface area contributed by atoms with E-state index in [1.807, 2.05) is 0 Å². The molecule has 0 saturated heterocycles. The lowest BCUT2D eigenvalue weighted by atomic mass is 10.1. The van der Waals surface area contributed by atoms with E-state index < -0.39 is 54.6 Å². The molecule has 0 saturated carbocycles. The van der Waals surface area contributed by atoms with Crippen molar-refractivity contribution < 1.29 is 71.7 Å². The lowest BCUT2D eigenvalue weighted by Gasteiger charge is -2.39. The molecule has 28 heavy (non-hydrogen) atoms. The maximum absolute atomic E-state index is 14.0. The minimum absolute atomic E-state index is 0.00998. The molecule has 0 amide bonds. The van der Waals surface area contributed by atoms with E-state index in [2.05, 4.69) is 14.2 Å². The van der Waals surface area contributed by atoms with Crippen LogP contribution in [-0.4, -0.2) is 49.4 Å². The molecule has 0 aromatic rings. The maximum atomic E-state index is 14.0. The number of halogens is 12. The molecule has 0 fully saturated rings. The Kier molecular flexibility index (Phi) is 7.36. The highest BCUT2D eigenvalue weighted by Gasteiger charge is 2.81. The minimum atomic E-state index is -7.17. The number of alkyl halides is 12. The number of esters is 1. The lowest BCUT2D eigenvalue weighted by Crippen LogP contribution is -2.66. The summed E-state index contributed by atoms with van der Waals surface area (Å²) in [5.74, 6) is -19.1. The minimum Gasteiger partial charge on any atom is -0.465 e. The molecule has 0 aliphatic rings. The van der Waals surface area contributed by atoms with Gasteiger partial charge in [-0.1, -0.05) is 13.8 Å². The van der Waals surface area contributed by atoms with Gasteiger partial charge in [-0.2, -0.15) is 52.7 Å². The number of methoxy groups -OCH3 is 1. The van der Waals surface area contributed by atoms with Crippen LogP contribution in [0.3, 0.4) is 0 Å². The van der Waals surface area contributed by atoms with E-state index in [-0.39, 0.29) is 7.11 Å². The summed E-state index contributed by atoms with van der Waals surface area (Å²) in [4.78, 5) is 10.8. The van der Waals surface area contributed by atoms with Crippen molar-refractivity contribution in [3.05, 3.63) is 0 Å². The van der Waals surface area contributed by atoms with E-state index in [0.29, 0.717) is 6.92 Å². The van der Waals surface area contributed by atoms with Crippen LogP contribution in [0.4, 0.5) is 52.7 Å². The maximum Gasteiger partial charge on any atom is 0.460 e. The Morgan fingerprint density at radius 2 is 1.25 bits per heavy atom. The van der Waals surface area contributed by atoms with Crippen LogP contribution in [-0.2, 0) is 19.0 Å². The normalized spacial score (nSPS) is 19.5. The van der Waals surface area contributed by atoms with Crippen molar-refractivity contribution in [3.63, 3.8) is 0 Å². The summed E-state index contributed by atoms with van der Waals surface area (Å²) in [6.07, 6.45) is -27.2. The molecule has 0 aromatic carbocycles. The highest BCUT2D eigenvalue weighted by Crippen LogP contribution is 2.53. The average Bonchev–Trinajstić information content (AvgIpc) is 2.49. The largest absolute Gasteiger partial charge is 0.465 e. The Balaban J connectivity index is 6.40. The summed E-state index contributed by atoms with van der Waals surface area (Å²) in [5, 5.41) is 0. The third kappa shape index (κ3) is 4.75. The van der Waals surface area contributed by atoms with Gasteiger partial charge in [0.15, 0.2) is 0 Å². The number of carbonyl (C=O) groups is 1. The van der Waals surface area contributed by atoms with Gasteiger partial charge in [0.1, 0.15) is 0 Å². The van der Waals surface area contributed by atoms with Crippen LogP contribution >= 0.6 is 0 Å². The smallest absolute Gasteiger partial charge is 0.460 e. The molecule has 0 aliphatic carbocycles. The zero-order valence-corrected chi connectivity index (χ0v) is 14.0. The average molecular weight is 448 g/mol. The fourth-order valence-electron chi connectivity index (χ4n) is 1.40. The van der Waals surface area contributed by atoms with Crippen LogP contribution in [0.25, 0.3) is 0 Å². The van der Waals surface area contributed by atoms with Crippen LogP contribution in [0.1, 0.15) is 20.3 Å². The molecule has 0 rings (SSSR count). The van der Waals surface area contributed by atoms with Gasteiger partial charge in [0, 0.05) is 5.92 Å². The van der Waals surface area contributed by atoms with Gasteiger partial charge in [-0.25, -0.2) is 4.79 Å². The van der Waals surface area contributed by atoms with E-state index in [9.17, 15) is 57.5 Å². The first-order valence-electron chi connectivity index (χ1n) is 6.88. The van der Waals surface area contributed by atoms with Crippen molar-refractivity contribution in [1.82, 2.24) is 0 Å². The molecule has 0 bridgehead atoms. The van der Waals surface area contributed by atoms with Crippen molar-refractivity contribution >= 4 is 5.97 Å². The molecular weight excluding hydrogens is 436 g/mol. The van der Waals surface area contributed by atoms with Crippen LogP contribution in [0, 0.1) is 5.92 Å². The topological polar surface area (TPSA) is 44.8 Å². The SMILES string of the molecule is CCC(C)C(F)(F)OC(F)(C(F)(F)F)C(F)(F)OC(F)(C(=O)OC)C(F)(F)F. The molecule has 168 valence electrons. The molecule has 0 aliphatic heterocycles. The number of hydrogen-bond donors (Lipinski definition) is 0. The van der Waals surface area contributed by atoms with Gasteiger partial charge in [-0.3, -0.25) is 9.47 Å². The summed E-state index contributed by atoms with van der Waals surface area (Å²) in [7, 11) is -0.00998. The van der Waals surface area contributed by atoms with E-state index in [1.165, 1.54) is 0 Å². The van der Waals surface area contributed by atoms with Gasteiger partial charge in [0.2, 0.25) is 0 Å².